The molecule has 0 spiro atoms. The number of hydrogen-bond acceptors (Lipinski definition) is 0. The van der Waals surface area contributed by atoms with E-state index in [1.807, 2.05) is 12.1 Å². The fourth-order valence-corrected chi connectivity index (χ4v) is 2.81. The smallest absolute Gasteiger partial charge is 0.131 e. The van der Waals surface area contributed by atoms with Crippen molar-refractivity contribution in [3.8, 4) is 0 Å². The molecule has 0 saturated heterocycles. The SMILES string of the molecule is Fc1ccccc1C1=CCC2=C(C=C1)CCCC2. The van der Waals surface area contributed by atoms with Crippen molar-refractivity contribution in [2.75, 3.05) is 0 Å². The molecule has 1 heteroatoms. The van der Waals surface area contributed by atoms with E-state index in [4.69, 9.17) is 0 Å². The average molecular weight is 240 g/mol. The molecule has 0 saturated carbocycles. The maximum atomic E-state index is 13.8. The summed E-state index contributed by atoms with van der Waals surface area (Å²) < 4.78 is 13.8. The Morgan fingerprint density at radius 3 is 2.67 bits per heavy atom. The molecule has 0 aromatic heterocycles. The van der Waals surface area contributed by atoms with Crippen LogP contribution in [0.3, 0.4) is 0 Å². The van der Waals surface area contributed by atoms with Gasteiger partial charge in [0.15, 0.2) is 0 Å². The normalized spacial score (nSPS) is 19.3. The highest BCUT2D eigenvalue weighted by Crippen LogP contribution is 2.33. The standard InChI is InChI=1S/C17H17F/c18-17-8-4-3-7-16(17)15-11-9-13-5-1-2-6-14(13)10-12-15/h3-4,7-9,11-12H,1-2,5-6,10H2. The summed E-state index contributed by atoms with van der Waals surface area (Å²) in [5.41, 5.74) is 4.75. The summed E-state index contributed by atoms with van der Waals surface area (Å²) in [6, 6.07) is 7.02. The monoisotopic (exact) mass is 240 g/mol. The fourth-order valence-electron chi connectivity index (χ4n) is 2.81. The third kappa shape index (κ3) is 2.17. The minimum atomic E-state index is -0.131. The molecule has 0 atom stereocenters. The maximum absolute atomic E-state index is 13.8. The summed E-state index contributed by atoms with van der Waals surface area (Å²) in [5.74, 6) is -0.131. The van der Waals surface area contributed by atoms with Crippen molar-refractivity contribution in [1.82, 2.24) is 0 Å². The second kappa shape index (κ2) is 4.93. The molecule has 1 aromatic carbocycles. The van der Waals surface area contributed by atoms with Gasteiger partial charge in [-0.05, 0) is 49.3 Å². The summed E-state index contributed by atoms with van der Waals surface area (Å²) in [6.07, 6.45) is 12.4. The predicted molar refractivity (Wildman–Crippen MR) is 73.6 cm³/mol. The lowest BCUT2D eigenvalue weighted by Gasteiger charge is -2.15. The summed E-state index contributed by atoms with van der Waals surface area (Å²) >= 11 is 0. The second-order valence-electron chi connectivity index (χ2n) is 5.01. The number of hydrogen-bond donors (Lipinski definition) is 0. The molecule has 92 valence electrons. The zero-order chi connectivity index (χ0) is 12.4. The van der Waals surface area contributed by atoms with Crippen LogP contribution >= 0.6 is 0 Å². The molecule has 3 rings (SSSR count). The van der Waals surface area contributed by atoms with Crippen LogP contribution in [0.1, 0.15) is 37.7 Å². The molecule has 0 nitrogen and oxygen atoms in total. The lowest BCUT2D eigenvalue weighted by molar-refractivity contribution is 0.624. The first-order chi connectivity index (χ1) is 8.84. The topological polar surface area (TPSA) is 0 Å². The second-order valence-corrected chi connectivity index (χ2v) is 5.01. The van der Waals surface area contributed by atoms with Crippen molar-refractivity contribution in [3.05, 3.63) is 65.0 Å². The molecule has 2 aliphatic rings. The molecular formula is C17H17F. The van der Waals surface area contributed by atoms with E-state index in [9.17, 15) is 4.39 Å². The van der Waals surface area contributed by atoms with Crippen LogP contribution in [0, 0.1) is 5.82 Å². The van der Waals surface area contributed by atoms with Crippen LogP contribution in [0.15, 0.2) is 53.6 Å². The van der Waals surface area contributed by atoms with Crippen molar-refractivity contribution in [2.24, 2.45) is 0 Å². The van der Waals surface area contributed by atoms with Gasteiger partial charge in [-0.1, -0.05) is 42.0 Å². The highest BCUT2D eigenvalue weighted by molar-refractivity contribution is 5.76. The quantitative estimate of drug-likeness (QED) is 0.645. The van der Waals surface area contributed by atoms with Crippen LogP contribution in [-0.4, -0.2) is 0 Å². The van der Waals surface area contributed by atoms with Gasteiger partial charge in [-0.3, -0.25) is 0 Å². The summed E-state index contributed by atoms with van der Waals surface area (Å²) in [5, 5.41) is 0. The van der Waals surface area contributed by atoms with Gasteiger partial charge >= 0.3 is 0 Å². The molecule has 0 fully saturated rings. The zero-order valence-corrected chi connectivity index (χ0v) is 10.5. The summed E-state index contributed by atoms with van der Waals surface area (Å²) in [6.45, 7) is 0. The van der Waals surface area contributed by atoms with Gasteiger partial charge in [-0.2, -0.15) is 0 Å². The van der Waals surface area contributed by atoms with Gasteiger partial charge in [-0.25, -0.2) is 4.39 Å². The van der Waals surface area contributed by atoms with E-state index in [1.165, 1.54) is 37.3 Å². The third-order valence-corrected chi connectivity index (χ3v) is 3.85. The van der Waals surface area contributed by atoms with E-state index < -0.39 is 0 Å². The van der Waals surface area contributed by atoms with E-state index in [-0.39, 0.29) is 5.82 Å². The Hall–Kier alpha value is -1.63. The Morgan fingerprint density at radius 1 is 0.944 bits per heavy atom. The van der Waals surface area contributed by atoms with E-state index in [2.05, 4.69) is 18.2 Å². The third-order valence-electron chi connectivity index (χ3n) is 3.85. The van der Waals surface area contributed by atoms with E-state index >= 15 is 0 Å². The van der Waals surface area contributed by atoms with Crippen molar-refractivity contribution in [1.29, 1.82) is 0 Å². The minimum Gasteiger partial charge on any atom is -0.206 e. The molecule has 1 aromatic rings. The Bertz CT molecular complexity index is 546. The van der Waals surface area contributed by atoms with Crippen LogP contribution in [0.2, 0.25) is 0 Å². The first kappa shape index (κ1) is 11.5. The van der Waals surface area contributed by atoms with Crippen LogP contribution in [0.4, 0.5) is 4.39 Å². The van der Waals surface area contributed by atoms with Crippen LogP contribution in [0.25, 0.3) is 5.57 Å². The molecule has 0 N–H and O–H groups in total. The highest BCUT2D eigenvalue weighted by atomic mass is 19.1. The number of rotatable bonds is 1. The Kier molecular flexibility index (Phi) is 3.14. The van der Waals surface area contributed by atoms with Crippen LogP contribution in [-0.2, 0) is 0 Å². The van der Waals surface area contributed by atoms with Gasteiger partial charge < -0.3 is 0 Å². The van der Waals surface area contributed by atoms with Crippen molar-refractivity contribution in [3.63, 3.8) is 0 Å². The largest absolute Gasteiger partial charge is 0.206 e. The molecule has 18 heavy (non-hydrogen) atoms. The van der Waals surface area contributed by atoms with E-state index in [0.717, 1.165) is 12.0 Å². The summed E-state index contributed by atoms with van der Waals surface area (Å²) in [7, 11) is 0. The van der Waals surface area contributed by atoms with E-state index in [0.29, 0.717) is 5.56 Å². The number of allylic oxidation sites excluding steroid dienone is 6. The fraction of sp³-hybridized carbons (Fsp3) is 0.294. The van der Waals surface area contributed by atoms with Gasteiger partial charge in [0.2, 0.25) is 0 Å². The highest BCUT2D eigenvalue weighted by Gasteiger charge is 2.13. The lowest BCUT2D eigenvalue weighted by atomic mass is 9.90. The lowest BCUT2D eigenvalue weighted by Crippen LogP contribution is -1.96. The van der Waals surface area contributed by atoms with Gasteiger partial charge in [0.25, 0.3) is 0 Å². The molecule has 0 heterocycles. The minimum absolute atomic E-state index is 0.131. The van der Waals surface area contributed by atoms with E-state index in [1.54, 1.807) is 11.6 Å². The van der Waals surface area contributed by atoms with Gasteiger partial charge in [0, 0.05) is 5.56 Å². The van der Waals surface area contributed by atoms with Gasteiger partial charge in [0.05, 0.1) is 0 Å². The first-order valence-electron chi connectivity index (χ1n) is 6.68. The Morgan fingerprint density at radius 2 is 1.78 bits per heavy atom. The van der Waals surface area contributed by atoms with Crippen LogP contribution in [0.5, 0.6) is 0 Å². The Balaban J connectivity index is 1.93. The molecule has 0 radical (unpaired) electrons. The maximum Gasteiger partial charge on any atom is 0.131 e. The van der Waals surface area contributed by atoms with Crippen LogP contribution < -0.4 is 0 Å². The molecule has 2 aliphatic carbocycles. The molecule has 0 bridgehead atoms. The average Bonchev–Trinajstić information content (AvgIpc) is 2.62. The molecule has 0 amide bonds. The van der Waals surface area contributed by atoms with Crippen molar-refractivity contribution >= 4 is 5.57 Å². The molecule has 0 aliphatic heterocycles. The molecular weight excluding hydrogens is 223 g/mol. The summed E-state index contributed by atoms with van der Waals surface area (Å²) in [4.78, 5) is 0. The zero-order valence-electron chi connectivity index (χ0n) is 10.5. The van der Waals surface area contributed by atoms with Crippen molar-refractivity contribution < 1.29 is 4.39 Å². The van der Waals surface area contributed by atoms with Gasteiger partial charge in [0.1, 0.15) is 5.82 Å². The molecule has 0 unspecified atom stereocenters. The first-order valence-corrected chi connectivity index (χ1v) is 6.68. The number of benzene rings is 1. The Labute approximate surface area is 108 Å². The van der Waals surface area contributed by atoms with Gasteiger partial charge in [-0.15, -0.1) is 0 Å². The van der Waals surface area contributed by atoms with Crippen molar-refractivity contribution in [2.45, 2.75) is 32.1 Å². The predicted octanol–water partition coefficient (Wildman–Crippen LogP) is 5.04. The number of halogens is 1.